The lowest BCUT2D eigenvalue weighted by Crippen LogP contribution is -2.49. The molecule has 0 aromatic carbocycles. The molecule has 2 atom stereocenters. The highest BCUT2D eigenvalue weighted by atomic mass is 16.4. The molecule has 0 spiro atoms. The number of carboxylic acids is 1. The van der Waals surface area contributed by atoms with Crippen molar-refractivity contribution >= 4 is 12.0 Å². The van der Waals surface area contributed by atoms with Gasteiger partial charge in [0, 0.05) is 13.1 Å². The fourth-order valence-electron chi connectivity index (χ4n) is 3.10. The topological polar surface area (TPSA) is 69.6 Å². The van der Waals surface area contributed by atoms with Crippen molar-refractivity contribution in [3.05, 3.63) is 0 Å². The Morgan fingerprint density at radius 3 is 2.25 bits per heavy atom. The summed E-state index contributed by atoms with van der Waals surface area (Å²) < 4.78 is 0. The lowest BCUT2D eigenvalue weighted by Gasteiger charge is -2.28. The van der Waals surface area contributed by atoms with E-state index in [9.17, 15) is 14.7 Å². The highest BCUT2D eigenvalue weighted by Crippen LogP contribution is 2.24. The van der Waals surface area contributed by atoms with Crippen LogP contribution in [-0.2, 0) is 4.79 Å². The molecule has 1 heterocycles. The first kappa shape index (κ1) is 16.8. The van der Waals surface area contributed by atoms with E-state index in [1.165, 1.54) is 4.90 Å². The lowest BCUT2D eigenvalue weighted by molar-refractivity contribution is -0.142. The molecule has 0 aromatic heterocycles. The smallest absolute Gasteiger partial charge is 0.326 e. The van der Waals surface area contributed by atoms with E-state index < -0.39 is 12.0 Å². The van der Waals surface area contributed by atoms with Gasteiger partial charge in [-0.25, -0.2) is 9.59 Å². The summed E-state index contributed by atoms with van der Waals surface area (Å²) in [4.78, 5) is 24.9. The zero-order chi connectivity index (χ0) is 15.4. The van der Waals surface area contributed by atoms with Gasteiger partial charge in [0.05, 0.1) is 0 Å². The molecule has 1 fully saturated rings. The van der Waals surface area contributed by atoms with Crippen LogP contribution in [0.3, 0.4) is 0 Å². The number of hydrogen-bond donors (Lipinski definition) is 2. The van der Waals surface area contributed by atoms with Crippen LogP contribution in [0.5, 0.6) is 0 Å². The average molecular weight is 284 g/mol. The van der Waals surface area contributed by atoms with E-state index in [-0.39, 0.29) is 11.9 Å². The van der Waals surface area contributed by atoms with Crippen LogP contribution in [0.25, 0.3) is 0 Å². The first-order chi connectivity index (χ1) is 9.25. The number of nitrogens with zero attached hydrogens (tertiary/aromatic N) is 1. The summed E-state index contributed by atoms with van der Waals surface area (Å²) in [7, 11) is 0. The minimum absolute atomic E-state index is 0.0178. The molecule has 2 amide bonds. The maximum atomic E-state index is 12.2. The van der Waals surface area contributed by atoms with Crippen LogP contribution < -0.4 is 5.32 Å². The summed E-state index contributed by atoms with van der Waals surface area (Å²) in [6, 6.07) is -0.931. The van der Waals surface area contributed by atoms with Crippen LogP contribution in [0.1, 0.15) is 41.0 Å². The van der Waals surface area contributed by atoms with Gasteiger partial charge >= 0.3 is 12.0 Å². The predicted molar refractivity (Wildman–Crippen MR) is 78.5 cm³/mol. The van der Waals surface area contributed by atoms with E-state index in [0.29, 0.717) is 30.8 Å². The number of urea groups is 1. The second-order valence-corrected chi connectivity index (χ2v) is 6.58. The number of hydrogen-bond acceptors (Lipinski definition) is 2. The second kappa shape index (κ2) is 6.95. The molecule has 0 radical (unpaired) electrons. The molecule has 5 nitrogen and oxygen atoms in total. The number of carboxylic acid groups (broad SMARTS) is 1. The molecule has 0 bridgehead atoms. The van der Waals surface area contributed by atoms with Gasteiger partial charge in [0.15, 0.2) is 0 Å². The Balaban J connectivity index is 2.60. The fourth-order valence-corrected chi connectivity index (χ4v) is 3.10. The Morgan fingerprint density at radius 1 is 1.25 bits per heavy atom. The Hall–Kier alpha value is -1.26. The normalized spacial score (nSPS) is 22.9. The molecule has 0 aliphatic carbocycles. The van der Waals surface area contributed by atoms with E-state index in [2.05, 4.69) is 33.0 Å². The quantitative estimate of drug-likeness (QED) is 0.814. The largest absolute Gasteiger partial charge is 0.480 e. The molecular formula is C15H28N2O3. The van der Waals surface area contributed by atoms with E-state index >= 15 is 0 Å². The van der Waals surface area contributed by atoms with E-state index in [0.717, 1.165) is 6.42 Å². The zero-order valence-electron chi connectivity index (χ0n) is 13.2. The van der Waals surface area contributed by atoms with Gasteiger partial charge in [-0.05, 0) is 30.1 Å². The van der Waals surface area contributed by atoms with Crippen LogP contribution in [0.4, 0.5) is 4.79 Å². The molecule has 1 aliphatic rings. The lowest BCUT2D eigenvalue weighted by atomic mass is 9.85. The monoisotopic (exact) mass is 284 g/mol. The van der Waals surface area contributed by atoms with Crippen molar-refractivity contribution in [1.29, 1.82) is 0 Å². The Morgan fingerprint density at radius 2 is 1.80 bits per heavy atom. The SMILES string of the molecule is CC(C)C(CNC(=O)N1CCC(C)C1C(=O)O)C(C)C. The van der Waals surface area contributed by atoms with Gasteiger partial charge in [0.25, 0.3) is 0 Å². The molecular weight excluding hydrogens is 256 g/mol. The molecule has 0 aromatic rings. The van der Waals surface area contributed by atoms with Gasteiger partial charge in [-0.2, -0.15) is 0 Å². The second-order valence-electron chi connectivity index (χ2n) is 6.58. The van der Waals surface area contributed by atoms with Crippen molar-refractivity contribution in [1.82, 2.24) is 10.2 Å². The van der Waals surface area contributed by atoms with Gasteiger partial charge in [0.2, 0.25) is 0 Å². The number of carbonyl (C=O) groups excluding carboxylic acids is 1. The minimum atomic E-state index is -0.908. The number of nitrogens with one attached hydrogen (secondary N) is 1. The molecule has 116 valence electrons. The van der Waals surface area contributed by atoms with Crippen molar-refractivity contribution in [2.24, 2.45) is 23.7 Å². The molecule has 2 N–H and O–H groups in total. The maximum absolute atomic E-state index is 12.2. The van der Waals surface area contributed by atoms with Crippen molar-refractivity contribution in [3.63, 3.8) is 0 Å². The van der Waals surface area contributed by atoms with Crippen molar-refractivity contribution in [2.45, 2.75) is 47.1 Å². The first-order valence-corrected chi connectivity index (χ1v) is 7.53. The van der Waals surface area contributed by atoms with Gasteiger partial charge in [-0.15, -0.1) is 0 Å². The van der Waals surface area contributed by atoms with Gasteiger partial charge in [-0.1, -0.05) is 34.6 Å². The van der Waals surface area contributed by atoms with Crippen LogP contribution in [0, 0.1) is 23.7 Å². The van der Waals surface area contributed by atoms with Crippen molar-refractivity contribution in [2.75, 3.05) is 13.1 Å². The average Bonchev–Trinajstić information content (AvgIpc) is 2.70. The summed E-state index contributed by atoms with van der Waals surface area (Å²) >= 11 is 0. The molecule has 1 aliphatic heterocycles. The molecule has 0 saturated carbocycles. The summed E-state index contributed by atoms with van der Waals surface area (Å²) in [5.74, 6) is 0.493. The number of amides is 2. The van der Waals surface area contributed by atoms with Gasteiger partial charge in [-0.3, -0.25) is 0 Å². The van der Waals surface area contributed by atoms with Crippen LogP contribution >= 0.6 is 0 Å². The molecule has 5 heteroatoms. The van der Waals surface area contributed by atoms with Crippen LogP contribution in [-0.4, -0.2) is 41.1 Å². The predicted octanol–water partition coefficient (Wildman–Crippen LogP) is 2.42. The van der Waals surface area contributed by atoms with Gasteiger partial charge in [0.1, 0.15) is 6.04 Å². The number of likely N-dealkylation sites (tertiary alicyclic amines) is 1. The Bertz CT molecular complexity index is 347. The number of rotatable bonds is 5. The third kappa shape index (κ3) is 3.87. The van der Waals surface area contributed by atoms with Crippen molar-refractivity contribution in [3.8, 4) is 0 Å². The zero-order valence-corrected chi connectivity index (χ0v) is 13.2. The van der Waals surface area contributed by atoms with E-state index in [1.54, 1.807) is 0 Å². The maximum Gasteiger partial charge on any atom is 0.326 e. The third-order valence-electron chi connectivity index (χ3n) is 4.42. The Labute approximate surface area is 121 Å². The summed E-state index contributed by atoms with van der Waals surface area (Å²) in [5, 5.41) is 12.2. The van der Waals surface area contributed by atoms with E-state index in [4.69, 9.17) is 0 Å². The van der Waals surface area contributed by atoms with Crippen LogP contribution in [0.15, 0.2) is 0 Å². The van der Waals surface area contributed by atoms with E-state index in [1.807, 2.05) is 6.92 Å². The molecule has 1 saturated heterocycles. The first-order valence-electron chi connectivity index (χ1n) is 7.53. The summed E-state index contributed by atoms with van der Waals surface area (Å²) in [6.07, 6.45) is 0.752. The fraction of sp³-hybridized carbons (Fsp3) is 0.867. The van der Waals surface area contributed by atoms with Crippen molar-refractivity contribution < 1.29 is 14.7 Å². The molecule has 1 rings (SSSR count). The highest BCUT2D eigenvalue weighted by molar-refractivity contribution is 5.83. The number of carbonyl (C=O) groups is 2. The number of aliphatic carboxylic acids is 1. The van der Waals surface area contributed by atoms with Crippen LogP contribution in [0.2, 0.25) is 0 Å². The summed E-state index contributed by atoms with van der Waals surface area (Å²) in [6.45, 7) is 11.6. The Kier molecular flexibility index (Phi) is 5.84. The third-order valence-corrected chi connectivity index (χ3v) is 4.42. The standard InChI is InChI=1S/C15H28N2O3/c1-9(2)12(10(3)4)8-16-15(20)17-7-6-11(5)13(17)14(18)19/h9-13H,6-8H2,1-5H3,(H,16,20)(H,18,19). The minimum Gasteiger partial charge on any atom is -0.480 e. The summed E-state index contributed by atoms with van der Waals surface area (Å²) in [5.41, 5.74) is 0. The molecule has 2 unspecified atom stereocenters. The molecule has 20 heavy (non-hydrogen) atoms. The van der Waals surface area contributed by atoms with Gasteiger partial charge < -0.3 is 15.3 Å². The highest BCUT2D eigenvalue weighted by Gasteiger charge is 2.39.